The van der Waals surface area contributed by atoms with Gasteiger partial charge in [0.15, 0.2) is 0 Å². The van der Waals surface area contributed by atoms with Gasteiger partial charge in [-0.25, -0.2) is 0 Å². The Morgan fingerprint density at radius 3 is 1.37 bits per heavy atom. The first kappa shape index (κ1) is 62.4. The first-order chi connectivity index (χ1) is 44.9. The first-order valence-electron chi connectivity index (χ1n) is 34.6. The Morgan fingerprint density at radius 1 is 0.337 bits per heavy atom. The maximum absolute atomic E-state index is 2.78. The average molecular weight is 1260 g/mol. The van der Waals surface area contributed by atoms with Crippen molar-refractivity contribution >= 4 is 70.4 Å². The van der Waals surface area contributed by atoms with Crippen molar-refractivity contribution < 1.29 is 0 Å². The molecule has 1 aliphatic heterocycles. The van der Waals surface area contributed by atoms with Crippen LogP contribution in [-0.2, 0) is 38.9 Å². The van der Waals surface area contributed by atoms with Crippen molar-refractivity contribution in [2.75, 3.05) is 4.90 Å². The number of anilines is 3. The first-order valence-corrected chi connectivity index (χ1v) is 35.4. The minimum Gasteiger partial charge on any atom is -0.309 e. The van der Waals surface area contributed by atoms with Crippen molar-refractivity contribution in [3.05, 3.63) is 274 Å². The monoisotopic (exact) mass is 1260 g/mol. The Balaban J connectivity index is 1.12. The third-order valence-electron chi connectivity index (χ3n) is 20.9. The summed E-state index contributed by atoms with van der Waals surface area (Å²) in [6.07, 6.45) is 0.790. The summed E-state index contributed by atoms with van der Waals surface area (Å²) in [4.78, 5) is 2.78. The number of fused-ring (bicyclic) bond motifs is 10. The normalized spacial score (nSPS) is 14.5. The summed E-state index contributed by atoms with van der Waals surface area (Å²) < 4.78 is 5.18. The van der Waals surface area contributed by atoms with Crippen LogP contribution in [0.2, 0.25) is 0 Å². The molecule has 2 aromatic heterocycles. The second-order valence-electron chi connectivity index (χ2n) is 33.9. The molecule has 0 radical (unpaired) electrons. The highest BCUT2D eigenvalue weighted by atomic mass is 32.1. The minimum absolute atomic E-state index is 0.0328. The number of hydrogen-bond donors (Lipinski definition) is 0. The van der Waals surface area contributed by atoms with E-state index in [1.54, 1.807) is 0 Å². The molecule has 3 heteroatoms. The Hall–Kier alpha value is -8.76. The van der Waals surface area contributed by atoms with Gasteiger partial charge in [-0.1, -0.05) is 276 Å². The molecule has 13 aromatic rings. The Kier molecular flexibility index (Phi) is 14.4. The van der Waals surface area contributed by atoms with E-state index in [1.807, 2.05) is 11.3 Å². The molecule has 0 N–H and O–H groups in total. The predicted octanol–water partition coefficient (Wildman–Crippen LogP) is 26.5. The molecule has 0 spiro atoms. The zero-order valence-electron chi connectivity index (χ0n) is 59.3. The van der Waals surface area contributed by atoms with Crippen molar-refractivity contribution in [1.29, 1.82) is 0 Å². The molecule has 15 rings (SSSR count). The fraction of sp³-hybridized carbons (Fsp3) is 0.283. The van der Waals surface area contributed by atoms with Crippen molar-refractivity contribution in [3.8, 4) is 50.2 Å². The van der Waals surface area contributed by atoms with Crippen LogP contribution in [0.15, 0.2) is 212 Å². The van der Waals surface area contributed by atoms with Crippen LogP contribution in [-0.4, -0.2) is 4.57 Å². The smallest absolute Gasteiger partial charge is 0.0625 e. The number of benzene rings is 11. The van der Waals surface area contributed by atoms with E-state index in [2.05, 4.69) is 346 Å². The van der Waals surface area contributed by atoms with E-state index >= 15 is 0 Å². The molecule has 1 unspecified atom stereocenters. The molecule has 3 heterocycles. The summed E-state index contributed by atoms with van der Waals surface area (Å²) in [5.74, 6) is -0.0927. The van der Waals surface area contributed by atoms with Crippen molar-refractivity contribution in [1.82, 2.24) is 4.57 Å². The number of thiophene rings is 1. The van der Waals surface area contributed by atoms with Crippen LogP contribution in [0.25, 0.3) is 92.2 Å². The summed E-state index contributed by atoms with van der Waals surface area (Å²) >= 11 is 1.91. The SMILES string of the molecule is CC(C)(C)c1cc(-c2ccc3c(c2)C2c4ccc(-c5cc(C(C)(C)C)cc(C(C)(C)C)c5)cc4N(c4c(-c5ccccc5)cc5sc6ccccc6c5c4-c4ccccc4)c4cc(-n5c6ccc(C(C)(C)C)cc6c6cc(C(C)(C)C)ccc65)cc(c42)C3)cc(C(C)(C)C)c1. The summed E-state index contributed by atoms with van der Waals surface area (Å²) in [6, 6.07) is 84.1. The molecule has 95 heavy (non-hydrogen) atoms. The summed E-state index contributed by atoms with van der Waals surface area (Å²) in [5.41, 5.74) is 31.6. The van der Waals surface area contributed by atoms with Gasteiger partial charge in [-0.2, -0.15) is 0 Å². The van der Waals surface area contributed by atoms with Crippen LogP contribution in [0, 0.1) is 0 Å². The fourth-order valence-corrected chi connectivity index (χ4v) is 16.4. The van der Waals surface area contributed by atoms with Gasteiger partial charge >= 0.3 is 0 Å². The predicted molar refractivity (Wildman–Crippen MR) is 412 cm³/mol. The third kappa shape index (κ3) is 10.8. The Morgan fingerprint density at radius 2 is 0.832 bits per heavy atom. The lowest BCUT2D eigenvalue weighted by Gasteiger charge is -2.43. The molecule has 0 bridgehead atoms. The second-order valence-corrected chi connectivity index (χ2v) is 35.0. The van der Waals surface area contributed by atoms with E-state index in [9.17, 15) is 0 Å². The lowest BCUT2D eigenvalue weighted by molar-refractivity contribution is 0.568. The molecule has 2 aliphatic rings. The molecule has 1 aliphatic carbocycles. The van der Waals surface area contributed by atoms with Crippen molar-refractivity contribution in [2.45, 2.75) is 169 Å². The van der Waals surface area contributed by atoms with Gasteiger partial charge < -0.3 is 9.47 Å². The molecule has 0 amide bonds. The zero-order chi connectivity index (χ0) is 66.8. The summed E-state index contributed by atoms with van der Waals surface area (Å²) in [5, 5.41) is 5.15. The Labute approximate surface area is 569 Å². The van der Waals surface area contributed by atoms with Crippen LogP contribution < -0.4 is 4.90 Å². The highest BCUT2D eigenvalue weighted by Crippen LogP contribution is 2.62. The molecule has 0 fully saturated rings. The van der Waals surface area contributed by atoms with E-state index in [-0.39, 0.29) is 38.4 Å². The highest BCUT2D eigenvalue weighted by molar-refractivity contribution is 7.26. The van der Waals surface area contributed by atoms with Gasteiger partial charge in [0.2, 0.25) is 0 Å². The van der Waals surface area contributed by atoms with Crippen LogP contribution in [0.5, 0.6) is 0 Å². The van der Waals surface area contributed by atoms with Crippen LogP contribution >= 0.6 is 11.3 Å². The lowest BCUT2D eigenvalue weighted by atomic mass is 9.70. The van der Waals surface area contributed by atoms with Crippen LogP contribution in [0.1, 0.15) is 192 Å². The molecule has 0 saturated heterocycles. The lowest BCUT2D eigenvalue weighted by Crippen LogP contribution is -2.28. The quantitative estimate of drug-likeness (QED) is 0.161. The third-order valence-corrected chi connectivity index (χ3v) is 22.1. The molecule has 2 nitrogen and oxygen atoms in total. The van der Waals surface area contributed by atoms with Gasteiger partial charge in [0, 0.05) is 53.7 Å². The van der Waals surface area contributed by atoms with Gasteiger partial charge in [-0.05, 0) is 194 Å². The van der Waals surface area contributed by atoms with Gasteiger partial charge in [0.1, 0.15) is 0 Å². The maximum atomic E-state index is 2.78. The Bertz CT molecular complexity index is 5120. The standard InChI is InChI=1S/C92H92N2S/c1-87(2,3)63-36-39-76-74(51-63)75-52-64(88(4,5)6)37-40-77(75)93(76)69-46-62-41-59-34-33-57(60-42-65(89(7,8)9)49-66(43-60)90(10,11)12)47-72(59)84-70-38-35-58(61-44-67(91(13,14)15)50-68(45-61)92(16,17)18)48-78(70)94(79(53-69)82(62)84)86-73(55-27-21-19-22-28-55)54-81-85(71-31-25-26-32-80(71)95-81)83(86)56-29-23-20-24-30-56/h19-40,42-54,84H,41H2,1-18H3. The maximum Gasteiger partial charge on any atom is 0.0625 e. The molecule has 11 aromatic carbocycles. The van der Waals surface area contributed by atoms with Gasteiger partial charge in [0.05, 0.1) is 28.1 Å². The topological polar surface area (TPSA) is 8.17 Å². The fourth-order valence-electron chi connectivity index (χ4n) is 15.3. The van der Waals surface area contributed by atoms with Crippen molar-refractivity contribution in [2.24, 2.45) is 0 Å². The van der Waals surface area contributed by atoms with Gasteiger partial charge in [-0.15, -0.1) is 11.3 Å². The molecule has 1 atom stereocenters. The molecular formula is C92H92N2S. The summed E-state index contributed by atoms with van der Waals surface area (Å²) in [7, 11) is 0. The second kappa shape index (κ2) is 21.9. The number of hydrogen-bond acceptors (Lipinski definition) is 2. The van der Waals surface area contributed by atoms with Crippen LogP contribution in [0.3, 0.4) is 0 Å². The summed E-state index contributed by atoms with van der Waals surface area (Å²) in [6.45, 7) is 42.4. The largest absolute Gasteiger partial charge is 0.309 e. The van der Waals surface area contributed by atoms with E-state index in [0.29, 0.717) is 0 Å². The van der Waals surface area contributed by atoms with Crippen LogP contribution in [0.4, 0.5) is 17.1 Å². The van der Waals surface area contributed by atoms with E-state index in [4.69, 9.17) is 0 Å². The number of nitrogens with zero attached hydrogens (tertiary/aromatic N) is 2. The van der Waals surface area contributed by atoms with E-state index in [0.717, 1.165) is 6.42 Å². The van der Waals surface area contributed by atoms with Gasteiger partial charge in [-0.3, -0.25) is 0 Å². The van der Waals surface area contributed by atoms with Gasteiger partial charge in [0.25, 0.3) is 0 Å². The number of rotatable bonds is 6. The average Bonchev–Trinajstić information content (AvgIpc) is 1.53. The molecule has 476 valence electrons. The molecular weight excluding hydrogens is 1170 g/mol. The number of aromatic nitrogens is 1. The van der Waals surface area contributed by atoms with E-state index in [1.165, 1.54) is 170 Å². The van der Waals surface area contributed by atoms with Crippen molar-refractivity contribution in [3.63, 3.8) is 0 Å². The molecule has 0 saturated carbocycles. The highest BCUT2D eigenvalue weighted by Gasteiger charge is 2.42. The van der Waals surface area contributed by atoms with E-state index < -0.39 is 0 Å². The minimum atomic E-state index is -0.0927. The zero-order valence-corrected chi connectivity index (χ0v) is 60.1.